The van der Waals surface area contributed by atoms with Gasteiger partial charge in [-0.15, -0.1) is 0 Å². The SMILES string of the molecule is COc1cc(C#N)ccc1OC(=O)c1cccc(OC(F)F)c1. The van der Waals surface area contributed by atoms with Crippen molar-refractivity contribution in [3.63, 3.8) is 0 Å². The summed E-state index contributed by atoms with van der Waals surface area (Å²) in [6, 6.07) is 11.5. The minimum absolute atomic E-state index is 0.0366. The van der Waals surface area contributed by atoms with Crippen LogP contribution in [-0.4, -0.2) is 19.7 Å². The van der Waals surface area contributed by atoms with Crippen molar-refractivity contribution in [2.75, 3.05) is 7.11 Å². The first kappa shape index (κ1) is 16.2. The lowest BCUT2D eigenvalue weighted by Gasteiger charge is -2.10. The molecule has 0 spiro atoms. The Labute approximate surface area is 130 Å². The molecule has 0 aromatic heterocycles. The van der Waals surface area contributed by atoms with Crippen LogP contribution in [0, 0.1) is 11.3 Å². The van der Waals surface area contributed by atoms with Gasteiger partial charge >= 0.3 is 12.6 Å². The number of nitrogens with zero attached hydrogens (tertiary/aromatic N) is 1. The van der Waals surface area contributed by atoms with Crippen LogP contribution in [0.15, 0.2) is 42.5 Å². The van der Waals surface area contributed by atoms with E-state index in [9.17, 15) is 13.6 Å². The Bertz CT molecular complexity index is 756. The van der Waals surface area contributed by atoms with Crippen molar-refractivity contribution in [1.29, 1.82) is 5.26 Å². The maximum absolute atomic E-state index is 12.2. The molecule has 7 heteroatoms. The summed E-state index contributed by atoms with van der Waals surface area (Å²) in [7, 11) is 1.37. The molecule has 118 valence electrons. The van der Waals surface area contributed by atoms with Gasteiger partial charge in [0.05, 0.1) is 24.3 Å². The van der Waals surface area contributed by atoms with Gasteiger partial charge in [-0.1, -0.05) is 6.07 Å². The lowest BCUT2D eigenvalue weighted by Crippen LogP contribution is -2.10. The van der Waals surface area contributed by atoms with E-state index in [2.05, 4.69) is 4.74 Å². The molecule has 0 saturated carbocycles. The Kier molecular flexibility index (Phi) is 5.10. The van der Waals surface area contributed by atoms with Gasteiger partial charge in [-0.2, -0.15) is 14.0 Å². The zero-order valence-corrected chi connectivity index (χ0v) is 12.0. The lowest BCUT2D eigenvalue weighted by molar-refractivity contribution is -0.0499. The summed E-state index contributed by atoms with van der Waals surface area (Å²) in [5.74, 6) is -0.608. The summed E-state index contributed by atoms with van der Waals surface area (Å²) in [4.78, 5) is 12.1. The molecule has 0 saturated heterocycles. The molecule has 0 bridgehead atoms. The first-order valence-corrected chi connectivity index (χ1v) is 6.38. The molecule has 0 N–H and O–H groups in total. The molecule has 0 aliphatic carbocycles. The van der Waals surface area contributed by atoms with E-state index in [0.29, 0.717) is 5.56 Å². The van der Waals surface area contributed by atoms with Crippen molar-refractivity contribution in [2.45, 2.75) is 6.61 Å². The van der Waals surface area contributed by atoms with E-state index in [1.165, 1.54) is 43.5 Å². The number of carbonyl (C=O) groups excluding carboxylic acids is 1. The first-order valence-electron chi connectivity index (χ1n) is 6.38. The Balaban J connectivity index is 2.21. The highest BCUT2D eigenvalue weighted by Gasteiger charge is 2.14. The van der Waals surface area contributed by atoms with Gasteiger partial charge in [0.25, 0.3) is 0 Å². The van der Waals surface area contributed by atoms with Crippen molar-refractivity contribution < 1.29 is 27.8 Å². The molecule has 0 aliphatic heterocycles. The fourth-order valence-corrected chi connectivity index (χ4v) is 1.78. The number of carbonyl (C=O) groups is 1. The van der Waals surface area contributed by atoms with E-state index in [-0.39, 0.29) is 22.8 Å². The van der Waals surface area contributed by atoms with Crippen LogP contribution in [0.3, 0.4) is 0 Å². The molecule has 0 aliphatic rings. The molecule has 0 atom stereocenters. The summed E-state index contributed by atoms with van der Waals surface area (Å²) < 4.78 is 38.8. The Morgan fingerprint density at radius 1 is 1.17 bits per heavy atom. The average molecular weight is 319 g/mol. The molecule has 0 unspecified atom stereocenters. The van der Waals surface area contributed by atoms with Gasteiger partial charge in [0.1, 0.15) is 5.75 Å². The number of hydrogen-bond donors (Lipinski definition) is 0. The second-order valence-corrected chi connectivity index (χ2v) is 4.27. The molecular weight excluding hydrogens is 308 g/mol. The standard InChI is InChI=1S/C16H11F2NO4/c1-21-14-7-10(9-19)5-6-13(14)23-15(20)11-3-2-4-12(8-11)22-16(17)18/h2-8,16H,1H3. The van der Waals surface area contributed by atoms with Crippen molar-refractivity contribution >= 4 is 5.97 Å². The maximum atomic E-state index is 12.2. The third kappa shape index (κ3) is 4.17. The molecule has 5 nitrogen and oxygen atoms in total. The molecule has 0 fully saturated rings. The number of alkyl halides is 2. The van der Waals surface area contributed by atoms with Crippen LogP contribution >= 0.6 is 0 Å². The Morgan fingerprint density at radius 2 is 1.96 bits per heavy atom. The molecule has 0 amide bonds. The Morgan fingerprint density at radius 3 is 2.61 bits per heavy atom. The van der Waals surface area contributed by atoms with E-state index < -0.39 is 12.6 Å². The van der Waals surface area contributed by atoms with Crippen molar-refractivity contribution in [3.05, 3.63) is 53.6 Å². The summed E-state index contributed by atoms with van der Waals surface area (Å²) in [5.41, 5.74) is 0.378. The van der Waals surface area contributed by atoms with Crippen LogP contribution in [0.1, 0.15) is 15.9 Å². The second-order valence-electron chi connectivity index (χ2n) is 4.27. The largest absolute Gasteiger partial charge is 0.493 e. The number of benzene rings is 2. The minimum Gasteiger partial charge on any atom is -0.493 e. The zero-order chi connectivity index (χ0) is 16.8. The Hall–Kier alpha value is -3.14. The molecule has 2 aromatic rings. The zero-order valence-electron chi connectivity index (χ0n) is 12.0. The predicted octanol–water partition coefficient (Wildman–Crippen LogP) is 3.39. The third-order valence-electron chi connectivity index (χ3n) is 2.79. The monoisotopic (exact) mass is 319 g/mol. The van der Waals surface area contributed by atoms with Gasteiger partial charge < -0.3 is 14.2 Å². The number of halogens is 2. The smallest absolute Gasteiger partial charge is 0.387 e. The van der Waals surface area contributed by atoms with Crippen LogP contribution in [0.4, 0.5) is 8.78 Å². The van der Waals surface area contributed by atoms with Gasteiger partial charge in [-0.25, -0.2) is 4.79 Å². The normalized spacial score (nSPS) is 10.0. The maximum Gasteiger partial charge on any atom is 0.387 e. The van der Waals surface area contributed by atoms with E-state index in [1.54, 1.807) is 0 Å². The van der Waals surface area contributed by atoms with Crippen LogP contribution < -0.4 is 14.2 Å². The molecule has 0 radical (unpaired) electrons. The van der Waals surface area contributed by atoms with Gasteiger partial charge in [0.2, 0.25) is 0 Å². The summed E-state index contributed by atoms with van der Waals surface area (Å²) in [5, 5.41) is 8.82. The highest BCUT2D eigenvalue weighted by atomic mass is 19.3. The van der Waals surface area contributed by atoms with E-state index in [1.807, 2.05) is 6.07 Å². The van der Waals surface area contributed by atoms with Crippen LogP contribution in [0.2, 0.25) is 0 Å². The number of hydrogen-bond acceptors (Lipinski definition) is 5. The van der Waals surface area contributed by atoms with Crippen LogP contribution in [0.5, 0.6) is 17.2 Å². The second kappa shape index (κ2) is 7.22. The number of nitriles is 1. The van der Waals surface area contributed by atoms with Gasteiger partial charge in [-0.3, -0.25) is 0 Å². The summed E-state index contributed by atoms with van der Waals surface area (Å²) >= 11 is 0. The highest BCUT2D eigenvalue weighted by Crippen LogP contribution is 2.29. The fourth-order valence-electron chi connectivity index (χ4n) is 1.78. The van der Waals surface area contributed by atoms with E-state index in [4.69, 9.17) is 14.7 Å². The molecule has 2 aromatic carbocycles. The van der Waals surface area contributed by atoms with Crippen molar-refractivity contribution in [2.24, 2.45) is 0 Å². The van der Waals surface area contributed by atoms with Crippen LogP contribution in [-0.2, 0) is 0 Å². The van der Waals surface area contributed by atoms with Gasteiger partial charge in [0, 0.05) is 6.07 Å². The summed E-state index contributed by atoms with van der Waals surface area (Å²) in [6.45, 7) is -2.99. The van der Waals surface area contributed by atoms with E-state index in [0.717, 1.165) is 6.07 Å². The minimum atomic E-state index is -2.99. The third-order valence-corrected chi connectivity index (χ3v) is 2.79. The number of esters is 1. The first-order chi connectivity index (χ1) is 11.0. The number of methoxy groups -OCH3 is 1. The fraction of sp³-hybridized carbons (Fsp3) is 0.125. The molecule has 0 heterocycles. The molecule has 2 rings (SSSR count). The highest BCUT2D eigenvalue weighted by molar-refractivity contribution is 5.91. The number of ether oxygens (including phenoxy) is 3. The van der Waals surface area contributed by atoms with Crippen molar-refractivity contribution in [3.8, 4) is 23.3 Å². The molecule has 23 heavy (non-hydrogen) atoms. The van der Waals surface area contributed by atoms with Gasteiger partial charge in [0.15, 0.2) is 11.5 Å². The predicted molar refractivity (Wildman–Crippen MR) is 75.7 cm³/mol. The van der Waals surface area contributed by atoms with Gasteiger partial charge in [-0.05, 0) is 30.3 Å². The lowest BCUT2D eigenvalue weighted by atomic mass is 10.2. The molecular formula is C16H11F2NO4. The van der Waals surface area contributed by atoms with Crippen molar-refractivity contribution in [1.82, 2.24) is 0 Å². The van der Waals surface area contributed by atoms with E-state index >= 15 is 0 Å². The van der Waals surface area contributed by atoms with Crippen LogP contribution in [0.25, 0.3) is 0 Å². The average Bonchev–Trinajstić information content (AvgIpc) is 2.54. The topological polar surface area (TPSA) is 68.5 Å². The number of rotatable bonds is 5. The summed E-state index contributed by atoms with van der Waals surface area (Å²) in [6.07, 6.45) is 0. The quantitative estimate of drug-likeness (QED) is 0.624.